The first-order valence-corrected chi connectivity index (χ1v) is 5.54. The molecule has 0 aliphatic heterocycles. The average molecular weight is 223 g/mol. The second kappa shape index (κ2) is 3.54. The van der Waals surface area contributed by atoms with Crippen molar-refractivity contribution in [1.29, 1.82) is 0 Å². The second-order valence-electron chi connectivity index (χ2n) is 3.08. The second-order valence-corrected chi connectivity index (χ2v) is 3.87. The van der Waals surface area contributed by atoms with Crippen molar-refractivity contribution >= 4 is 23.0 Å². The van der Waals surface area contributed by atoms with Crippen LogP contribution in [0.25, 0.3) is 5.52 Å². The highest BCUT2D eigenvalue weighted by molar-refractivity contribution is 7.98. The van der Waals surface area contributed by atoms with Crippen LogP contribution in [0.2, 0.25) is 0 Å². The van der Waals surface area contributed by atoms with Gasteiger partial charge >= 0.3 is 5.69 Å². The monoisotopic (exact) mass is 223 g/mol. The molecule has 0 amide bonds. The van der Waals surface area contributed by atoms with E-state index in [2.05, 4.69) is 5.10 Å². The van der Waals surface area contributed by atoms with Crippen molar-refractivity contribution in [2.24, 2.45) is 0 Å². The first-order valence-electron chi connectivity index (χ1n) is 4.32. The van der Waals surface area contributed by atoms with E-state index in [9.17, 15) is 10.1 Å². The third-order valence-electron chi connectivity index (χ3n) is 2.17. The minimum Gasteiger partial charge on any atom is -0.258 e. The summed E-state index contributed by atoms with van der Waals surface area (Å²) >= 11 is 1.28. The van der Waals surface area contributed by atoms with Crippen LogP contribution >= 0.6 is 11.8 Å². The number of nitro groups is 1. The van der Waals surface area contributed by atoms with Gasteiger partial charge < -0.3 is 0 Å². The van der Waals surface area contributed by atoms with Crippen molar-refractivity contribution < 1.29 is 4.92 Å². The Balaban J connectivity index is 2.86. The summed E-state index contributed by atoms with van der Waals surface area (Å²) in [6.07, 6.45) is 1.78. The van der Waals surface area contributed by atoms with Crippen LogP contribution in [0.15, 0.2) is 23.2 Å². The number of aromatic nitrogens is 2. The average Bonchev–Trinajstić information content (AvgIpc) is 2.57. The van der Waals surface area contributed by atoms with Gasteiger partial charge in [0.1, 0.15) is 5.52 Å². The van der Waals surface area contributed by atoms with E-state index in [0.29, 0.717) is 10.5 Å². The summed E-state index contributed by atoms with van der Waals surface area (Å²) in [7, 11) is 0. The summed E-state index contributed by atoms with van der Waals surface area (Å²) in [6.45, 7) is 1.87. The fourth-order valence-electron chi connectivity index (χ4n) is 1.48. The Bertz CT molecular complexity index is 535. The van der Waals surface area contributed by atoms with Gasteiger partial charge in [-0.25, -0.2) is 4.52 Å². The third kappa shape index (κ3) is 1.46. The molecule has 0 saturated heterocycles. The summed E-state index contributed by atoms with van der Waals surface area (Å²) in [5.41, 5.74) is 1.52. The zero-order chi connectivity index (χ0) is 11.0. The van der Waals surface area contributed by atoms with E-state index >= 15 is 0 Å². The van der Waals surface area contributed by atoms with Crippen LogP contribution in [0.4, 0.5) is 5.69 Å². The summed E-state index contributed by atoms with van der Waals surface area (Å²) in [5.74, 6) is 0. The van der Waals surface area contributed by atoms with Crippen LogP contribution in [0, 0.1) is 17.0 Å². The Labute approximate surface area is 90.2 Å². The van der Waals surface area contributed by atoms with Gasteiger partial charge in [0.2, 0.25) is 0 Å². The quantitative estimate of drug-likeness (QED) is 0.445. The lowest BCUT2D eigenvalue weighted by molar-refractivity contribution is -0.386. The minimum atomic E-state index is -0.381. The fourth-order valence-corrected chi connectivity index (χ4v) is 2.01. The summed E-state index contributed by atoms with van der Waals surface area (Å²) in [4.78, 5) is 10.5. The molecule has 6 heteroatoms. The van der Waals surface area contributed by atoms with Crippen molar-refractivity contribution in [1.82, 2.24) is 9.61 Å². The van der Waals surface area contributed by atoms with Crippen LogP contribution in [0.5, 0.6) is 0 Å². The highest BCUT2D eigenvalue weighted by Crippen LogP contribution is 2.31. The lowest BCUT2D eigenvalue weighted by Gasteiger charge is -1.95. The molecule has 15 heavy (non-hydrogen) atoms. The van der Waals surface area contributed by atoms with Crippen molar-refractivity contribution in [3.05, 3.63) is 34.0 Å². The van der Waals surface area contributed by atoms with E-state index in [4.69, 9.17) is 0 Å². The van der Waals surface area contributed by atoms with Gasteiger partial charge in [-0.2, -0.15) is 5.10 Å². The van der Waals surface area contributed by atoms with Gasteiger partial charge in [0.15, 0.2) is 5.03 Å². The summed E-state index contributed by atoms with van der Waals surface area (Å²) < 4.78 is 1.60. The molecule has 0 unspecified atom stereocenters. The Morgan fingerprint density at radius 3 is 2.87 bits per heavy atom. The first kappa shape index (κ1) is 9.97. The number of pyridine rings is 1. The lowest BCUT2D eigenvalue weighted by atomic mass is 10.3. The van der Waals surface area contributed by atoms with Gasteiger partial charge in [-0.15, -0.1) is 11.8 Å². The number of rotatable bonds is 2. The van der Waals surface area contributed by atoms with E-state index in [1.165, 1.54) is 11.8 Å². The smallest absolute Gasteiger partial charge is 0.258 e. The number of fused-ring (bicyclic) bond motifs is 1. The van der Waals surface area contributed by atoms with Crippen LogP contribution < -0.4 is 0 Å². The molecular weight excluding hydrogens is 214 g/mol. The SMILES string of the molecule is CSc1nn2c(C)cccc2c1[N+](=O)[O-]. The first-order chi connectivity index (χ1) is 7.15. The van der Waals surface area contributed by atoms with Crippen molar-refractivity contribution in [2.45, 2.75) is 11.9 Å². The molecule has 0 atom stereocenters. The van der Waals surface area contributed by atoms with Crippen LogP contribution in [0.3, 0.4) is 0 Å². The number of thioether (sulfide) groups is 1. The van der Waals surface area contributed by atoms with Gasteiger partial charge in [-0.1, -0.05) is 6.07 Å². The molecule has 0 N–H and O–H groups in total. The minimum absolute atomic E-state index is 0.0891. The third-order valence-corrected chi connectivity index (χ3v) is 2.83. The Kier molecular flexibility index (Phi) is 2.36. The number of hydrogen-bond donors (Lipinski definition) is 0. The molecule has 0 saturated carbocycles. The number of nitrogens with zero attached hydrogens (tertiary/aromatic N) is 3. The zero-order valence-corrected chi connectivity index (χ0v) is 9.11. The summed E-state index contributed by atoms with van der Waals surface area (Å²) in [5, 5.41) is 15.5. The van der Waals surface area contributed by atoms with Gasteiger partial charge in [0, 0.05) is 5.69 Å². The fraction of sp³-hybridized carbons (Fsp3) is 0.222. The van der Waals surface area contributed by atoms with E-state index in [0.717, 1.165) is 5.69 Å². The Hall–Kier alpha value is -1.56. The van der Waals surface area contributed by atoms with Crippen LogP contribution in [-0.2, 0) is 0 Å². The van der Waals surface area contributed by atoms with Gasteiger partial charge in [0.05, 0.1) is 4.92 Å². The van der Waals surface area contributed by atoms with Crippen molar-refractivity contribution in [3.63, 3.8) is 0 Å². The van der Waals surface area contributed by atoms with Crippen LogP contribution in [-0.4, -0.2) is 20.8 Å². The summed E-state index contributed by atoms with van der Waals surface area (Å²) in [6, 6.07) is 5.37. The highest BCUT2D eigenvalue weighted by Gasteiger charge is 2.22. The van der Waals surface area contributed by atoms with E-state index in [1.54, 1.807) is 22.9 Å². The maximum absolute atomic E-state index is 10.9. The molecule has 2 rings (SSSR count). The Morgan fingerprint density at radius 1 is 1.53 bits per heavy atom. The topological polar surface area (TPSA) is 60.4 Å². The molecule has 2 heterocycles. The van der Waals surface area contributed by atoms with E-state index < -0.39 is 0 Å². The molecule has 0 fully saturated rings. The molecule has 2 aromatic heterocycles. The molecule has 5 nitrogen and oxygen atoms in total. The largest absolute Gasteiger partial charge is 0.328 e. The standard InChI is InChI=1S/C9H9N3O2S/c1-6-4-3-5-7-8(12(13)14)9(15-2)10-11(6)7/h3-5H,1-2H3. The molecular formula is C9H9N3O2S. The lowest BCUT2D eigenvalue weighted by Crippen LogP contribution is -1.92. The number of aryl methyl sites for hydroxylation is 1. The van der Waals surface area contributed by atoms with E-state index in [1.807, 2.05) is 13.0 Å². The van der Waals surface area contributed by atoms with Gasteiger partial charge in [-0.05, 0) is 25.3 Å². The maximum Gasteiger partial charge on any atom is 0.328 e. The molecule has 78 valence electrons. The van der Waals surface area contributed by atoms with Gasteiger partial charge in [0.25, 0.3) is 0 Å². The number of hydrogen-bond acceptors (Lipinski definition) is 4. The normalized spacial score (nSPS) is 10.8. The molecule has 0 aliphatic carbocycles. The van der Waals surface area contributed by atoms with E-state index in [-0.39, 0.29) is 10.6 Å². The highest BCUT2D eigenvalue weighted by atomic mass is 32.2. The molecule has 2 aromatic rings. The van der Waals surface area contributed by atoms with Crippen molar-refractivity contribution in [2.75, 3.05) is 6.26 Å². The maximum atomic E-state index is 10.9. The van der Waals surface area contributed by atoms with Gasteiger partial charge in [-0.3, -0.25) is 10.1 Å². The zero-order valence-electron chi connectivity index (χ0n) is 8.30. The molecule has 0 spiro atoms. The molecule has 0 aliphatic rings. The predicted octanol–water partition coefficient (Wildman–Crippen LogP) is 2.27. The molecule has 0 aromatic carbocycles. The van der Waals surface area contributed by atoms with Crippen molar-refractivity contribution in [3.8, 4) is 0 Å². The predicted molar refractivity (Wildman–Crippen MR) is 58.4 cm³/mol. The molecule has 0 radical (unpaired) electrons. The Morgan fingerprint density at radius 2 is 2.27 bits per heavy atom. The molecule has 0 bridgehead atoms. The van der Waals surface area contributed by atoms with Crippen LogP contribution in [0.1, 0.15) is 5.69 Å².